The van der Waals surface area contributed by atoms with Crippen LogP contribution in [0.2, 0.25) is 0 Å². The number of nitriles is 2. The zero-order valence-electron chi connectivity index (χ0n) is 20.7. The SMILES string of the molecule is COc1cc(NC(=O)NC(CNC(=O)CC#N)(C(=O)NCCC#N)c2ccccc2)cc(OC)c1OC. The van der Waals surface area contributed by atoms with Gasteiger partial charge in [-0.05, 0) is 5.56 Å². The number of nitrogens with one attached hydrogen (secondary N) is 4. The fourth-order valence-corrected chi connectivity index (χ4v) is 3.47. The summed E-state index contributed by atoms with van der Waals surface area (Å²) in [6.07, 6.45) is -0.395. The number of carbonyl (C=O) groups is 3. The monoisotopic (exact) mass is 508 g/mol. The summed E-state index contributed by atoms with van der Waals surface area (Å²) in [5.41, 5.74) is -1.15. The Morgan fingerprint density at radius 2 is 1.57 bits per heavy atom. The van der Waals surface area contributed by atoms with Gasteiger partial charge in [0.05, 0.1) is 52.1 Å². The minimum Gasteiger partial charge on any atom is -0.493 e. The van der Waals surface area contributed by atoms with Gasteiger partial charge in [0.15, 0.2) is 17.0 Å². The molecule has 2 aromatic carbocycles. The zero-order valence-corrected chi connectivity index (χ0v) is 20.7. The van der Waals surface area contributed by atoms with Crippen molar-refractivity contribution >= 4 is 23.5 Å². The lowest BCUT2D eigenvalue weighted by atomic mass is 9.88. The van der Waals surface area contributed by atoms with E-state index in [4.69, 9.17) is 24.7 Å². The van der Waals surface area contributed by atoms with Crippen molar-refractivity contribution in [2.75, 3.05) is 39.7 Å². The molecule has 0 aliphatic rings. The summed E-state index contributed by atoms with van der Waals surface area (Å²) < 4.78 is 15.9. The Hall–Kier alpha value is -4.97. The molecule has 2 aromatic rings. The summed E-state index contributed by atoms with van der Waals surface area (Å²) in [5.74, 6) is -0.369. The first-order chi connectivity index (χ1) is 17.8. The van der Waals surface area contributed by atoms with Gasteiger partial charge in [-0.3, -0.25) is 9.59 Å². The third-order valence-corrected chi connectivity index (χ3v) is 5.22. The molecule has 12 heteroatoms. The lowest BCUT2D eigenvalue weighted by molar-refractivity contribution is -0.128. The van der Waals surface area contributed by atoms with E-state index in [0.717, 1.165) is 0 Å². The third kappa shape index (κ3) is 7.26. The highest BCUT2D eigenvalue weighted by Gasteiger charge is 2.42. The maximum Gasteiger partial charge on any atom is 0.320 e. The fourth-order valence-electron chi connectivity index (χ4n) is 3.47. The molecule has 0 aliphatic carbocycles. The molecule has 1 unspecified atom stereocenters. The van der Waals surface area contributed by atoms with Crippen molar-refractivity contribution < 1.29 is 28.6 Å². The minimum absolute atomic E-state index is 0.0201. The minimum atomic E-state index is -1.79. The van der Waals surface area contributed by atoms with Gasteiger partial charge >= 0.3 is 6.03 Å². The Morgan fingerprint density at radius 1 is 0.919 bits per heavy atom. The summed E-state index contributed by atoms with van der Waals surface area (Å²) in [7, 11) is 4.30. The van der Waals surface area contributed by atoms with E-state index in [-0.39, 0.29) is 25.2 Å². The van der Waals surface area contributed by atoms with Gasteiger partial charge in [-0.2, -0.15) is 10.5 Å². The predicted molar refractivity (Wildman–Crippen MR) is 133 cm³/mol. The van der Waals surface area contributed by atoms with E-state index in [0.29, 0.717) is 22.8 Å². The Morgan fingerprint density at radius 3 is 2.11 bits per heavy atom. The van der Waals surface area contributed by atoms with E-state index < -0.39 is 29.8 Å². The van der Waals surface area contributed by atoms with Crippen molar-refractivity contribution in [3.05, 3.63) is 48.0 Å². The molecule has 37 heavy (non-hydrogen) atoms. The number of hydrogen-bond donors (Lipinski definition) is 4. The largest absolute Gasteiger partial charge is 0.493 e. The second kappa shape index (κ2) is 13.8. The van der Waals surface area contributed by atoms with Gasteiger partial charge in [0.2, 0.25) is 11.7 Å². The summed E-state index contributed by atoms with van der Waals surface area (Å²) >= 11 is 0. The second-order valence-electron chi connectivity index (χ2n) is 7.54. The van der Waals surface area contributed by atoms with Crippen LogP contribution in [-0.2, 0) is 15.1 Å². The van der Waals surface area contributed by atoms with E-state index in [1.54, 1.807) is 36.4 Å². The molecule has 2 rings (SSSR count). The Bertz CT molecular complexity index is 1170. The Labute approximate surface area is 214 Å². The van der Waals surface area contributed by atoms with E-state index in [1.807, 2.05) is 6.07 Å². The molecule has 0 fully saturated rings. The molecular weight excluding hydrogens is 480 g/mol. The van der Waals surface area contributed by atoms with Crippen LogP contribution in [0.25, 0.3) is 0 Å². The molecule has 1 atom stereocenters. The molecular formula is C25H28N6O6. The highest BCUT2D eigenvalue weighted by Crippen LogP contribution is 2.40. The molecule has 0 heterocycles. The average Bonchev–Trinajstić information content (AvgIpc) is 2.91. The van der Waals surface area contributed by atoms with Gasteiger partial charge < -0.3 is 35.5 Å². The van der Waals surface area contributed by atoms with Crippen LogP contribution in [0.15, 0.2) is 42.5 Å². The molecule has 0 bridgehead atoms. The molecule has 0 aliphatic heterocycles. The van der Waals surface area contributed by atoms with Crippen LogP contribution in [0.1, 0.15) is 18.4 Å². The summed E-state index contributed by atoms with van der Waals surface area (Å²) in [6, 6.07) is 14.2. The fraction of sp³-hybridized carbons (Fsp3) is 0.320. The maximum atomic E-state index is 13.4. The molecule has 194 valence electrons. The smallest absolute Gasteiger partial charge is 0.320 e. The van der Waals surface area contributed by atoms with E-state index in [9.17, 15) is 14.4 Å². The first-order valence-electron chi connectivity index (χ1n) is 11.1. The van der Waals surface area contributed by atoms with Crippen LogP contribution in [0.3, 0.4) is 0 Å². The number of rotatable bonds is 12. The number of anilines is 1. The van der Waals surface area contributed by atoms with Gasteiger partial charge in [0, 0.05) is 18.7 Å². The van der Waals surface area contributed by atoms with Crippen LogP contribution in [0.4, 0.5) is 10.5 Å². The molecule has 0 radical (unpaired) electrons. The van der Waals surface area contributed by atoms with Crippen molar-refractivity contribution in [2.24, 2.45) is 0 Å². The molecule has 12 nitrogen and oxygen atoms in total. The average molecular weight is 509 g/mol. The molecule has 4 N–H and O–H groups in total. The number of ether oxygens (including phenoxy) is 3. The lowest BCUT2D eigenvalue weighted by Gasteiger charge is -2.34. The van der Waals surface area contributed by atoms with Crippen molar-refractivity contribution in [3.8, 4) is 29.4 Å². The first kappa shape index (κ1) is 28.3. The van der Waals surface area contributed by atoms with Crippen molar-refractivity contribution in [1.29, 1.82) is 10.5 Å². The van der Waals surface area contributed by atoms with E-state index in [1.165, 1.54) is 33.5 Å². The Balaban J connectivity index is 2.47. The number of urea groups is 1. The van der Waals surface area contributed by atoms with Gasteiger partial charge in [-0.25, -0.2) is 4.79 Å². The van der Waals surface area contributed by atoms with E-state index >= 15 is 0 Å². The number of nitrogens with zero attached hydrogens (tertiary/aromatic N) is 2. The molecule has 0 aromatic heterocycles. The number of methoxy groups -OCH3 is 3. The van der Waals surface area contributed by atoms with Gasteiger partial charge in [-0.15, -0.1) is 0 Å². The highest BCUT2D eigenvalue weighted by atomic mass is 16.5. The quantitative estimate of drug-likeness (QED) is 0.314. The normalized spacial score (nSPS) is 11.5. The standard InChI is InChI=1S/C25H28N6O6/c1-35-19-14-18(15-20(36-2)22(19)37-3)30-24(34)31-25(16-29-21(32)10-12-27,17-8-5-4-6-9-17)23(33)28-13-7-11-26/h4-6,8-9,14-15H,7,10,13,16H2,1-3H3,(H,28,33)(H,29,32)(H2,30,31,34). The molecule has 0 saturated carbocycles. The van der Waals surface area contributed by atoms with Gasteiger partial charge in [-0.1, -0.05) is 30.3 Å². The highest BCUT2D eigenvalue weighted by molar-refractivity contribution is 5.97. The number of benzene rings is 2. The topological polar surface area (TPSA) is 175 Å². The summed E-state index contributed by atoms with van der Waals surface area (Å²) in [6.45, 7) is -0.342. The number of hydrogen-bond acceptors (Lipinski definition) is 8. The zero-order chi connectivity index (χ0) is 27.3. The van der Waals surface area contributed by atoms with Crippen LogP contribution < -0.4 is 35.5 Å². The van der Waals surface area contributed by atoms with Crippen molar-refractivity contribution in [3.63, 3.8) is 0 Å². The summed E-state index contributed by atoms with van der Waals surface area (Å²) in [4.78, 5) is 38.8. The summed E-state index contributed by atoms with van der Waals surface area (Å²) in [5, 5.41) is 28.2. The third-order valence-electron chi connectivity index (χ3n) is 5.22. The van der Waals surface area contributed by atoms with Crippen LogP contribution in [0, 0.1) is 22.7 Å². The van der Waals surface area contributed by atoms with Crippen LogP contribution in [0.5, 0.6) is 17.2 Å². The van der Waals surface area contributed by atoms with E-state index in [2.05, 4.69) is 21.3 Å². The first-order valence-corrected chi connectivity index (χ1v) is 11.1. The predicted octanol–water partition coefficient (Wildman–Crippen LogP) is 1.79. The molecule has 4 amide bonds. The number of amides is 4. The van der Waals surface area contributed by atoms with Gasteiger partial charge in [0.25, 0.3) is 5.91 Å². The lowest BCUT2D eigenvalue weighted by Crippen LogP contribution is -2.62. The van der Waals surface area contributed by atoms with Crippen LogP contribution in [-0.4, -0.2) is 52.3 Å². The number of carbonyl (C=O) groups excluding carboxylic acids is 3. The maximum absolute atomic E-state index is 13.4. The van der Waals surface area contributed by atoms with Crippen molar-refractivity contribution in [2.45, 2.75) is 18.4 Å². The van der Waals surface area contributed by atoms with Crippen LogP contribution >= 0.6 is 0 Å². The Kier molecular flexibility index (Phi) is 10.5. The molecule has 0 saturated heterocycles. The molecule has 0 spiro atoms. The second-order valence-corrected chi connectivity index (χ2v) is 7.54. The van der Waals surface area contributed by atoms with Crippen molar-refractivity contribution in [1.82, 2.24) is 16.0 Å². The van der Waals surface area contributed by atoms with Gasteiger partial charge in [0.1, 0.15) is 6.42 Å².